The van der Waals surface area contributed by atoms with Gasteiger partial charge in [-0.3, -0.25) is 9.80 Å². The molecule has 0 radical (unpaired) electrons. The van der Waals surface area contributed by atoms with Crippen LogP contribution >= 0.6 is 0 Å². The van der Waals surface area contributed by atoms with Gasteiger partial charge in [0.05, 0.1) is 20.3 Å². The topological polar surface area (TPSA) is 68.5 Å². The van der Waals surface area contributed by atoms with Crippen LogP contribution in [-0.2, 0) is 13.0 Å². The van der Waals surface area contributed by atoms with Crippen LogP contribution in [-0.4, -0.2) is 76.4 Å². The highest BCUT2D eigenvalue weighted by Gasteiger charge is 2.32. The van der Waals surface area contributed by atoms with Crippen LogP contribution in [0.3, 0.4) is 0 Å². The van der Waals surface area contributed by atoms with Crippen LogP contribution in [0.5, 0.6) is 11.5 Å². The number of aryl methyl sites for hydroxylation is 2. The molecule has 0 amide bonds. The summed E-state index contributed by atoms with van der Waals surface area (Å²) < 4.78 is 12.8. The van der Waals surface area contributed by atoms with Crippen LogP contribution < -0.4 is 9.47 Å². The molecule has 0 bridgehead atoms. The Kier molecular flexibility index (Phi) is 8.20. The first-order chi connectivity index (χ1) is 16.1. The van der Waals surface area contributed by atoms with Crippen LogP contribution in [0.25, 0.3) is 0 Å². The van der Waals surface area contributed by atoms with Gasteiger partial charge >= 0.3 is 0 Å². The van der Waals surface area contributed by atoms with Crippen molar-refractivity contribution in [2.45, 2.75) is 71.0 Å². The van der Waals surface area contributed by atoms with E-state index < -0.39 is 0 Å². The fourth-order valence-electron chi connectivity index (χ4n) is 5.43. The summed E-state index contributed by atoms with van der Waals surface area (Å²) >= 11 is 0. The Morgan fingerprint density at radius 1 is 1.00 bits per heavy atom. The first-order valence-electron chi connectivity index (χ1n) is 12.5. The molecule has 2 aromatic rings. The Morgan fingerprint density at radius 3 is 2.39 bits per heavy atom. The Bertz CT molecular complexity index is 872. The lowest BCUT2D eigenvalue weighted by Crippen LogP contribution is -2.51. The first kappa shape index (κ1) is 24.0. The van der Waals surface area contributed by atoms with E-state index in [2.05, 4.69) is 45.2 Å². The summed E-state index contributed by atoms with van der Waals surface area (Å²) in [6.45, 7) is 9.83. The number of rotatable bonds is 10. The second-order valence-electron chi connectivity index (χ2n) is 9.86. The van der Waals surface area contributed by atoms with Crippen molar-refractivity contribution < 1.29 is 9.47 Å². The zero-order valence-corrected chi connectivity index (χ0v) is 20.7. The number of hydrogen-bond acceptors (Lipinski definition) is 7. The lowest BCUT2D eigenvalue weighted by atomic mass is 10.0. The summed E-state index contributed by atoms with van der Waals surface area (Å²) in [7, 11) is 3.33. The molecule has 1 saturated heterocycles. The molecule has 1 aromatic heterocycles. The van der Waals surface area contributed by atoms with E-state index in [-0.39, 0.29) is 6.04 Å². The highest BCUT2D eigenvalue weighted by atomic mass is 16.5. The Hall–Kier alpha value is -2.19. The normalized spacial score (nSPS) is 19.3. The van der Waals surface area contributed by atoms with Gasteiger partial charge in [0, 0.05) is 38.8 Å². The molecular formula is C25H40N6O2. The number of hydrogen-bond donors (Lipinski definition) is 0. The smallest absolute Gasteiger partial charge is 0.168 e. The standard InChI is InChI=1S/C25H40N6O2/c1-19(2)17-22(30-15-13-29(14-16-30)21-7-5-6-8-21)25-26-27-28-31(25)12-11-20-9-10-23(32-3)24(18-20)33-4/h9-10,18-19,21-22H,5-8,11-17H2,1-4H3. The van der Waals surface area contributed by atoms with Crippen molar-refractivity contribution in [2.75, 3.05) is 40.4 Å². The monoisotopic (exact) mass is 456 g/mol. The maximum absolute atomic E-state index is 5.46. The molecule has 2 fully saturated rings. The van der Waals surface area contributed by atoms with Crippen LogP contribution in [0, 0.1) is 5.92 Å². The number of piperazine rings is 1. The van der Waals surface area contributed by atoms with Gasteiger partial charge in [-0.05, 0) is 59.7 Å². The minimum atomic E-state index is 0.260. The second kappa shape index (κ2) is 11.3. The van der Waals surface area contributed by atoms with Crippen molar-refractivity contribution >= 4 is 0 Å². The number of aromatic nitrogens is 4. The van der Waals surface area contributed by atoms with Gasteiger partial charge in [-0.1, -0.05) is 32.8 Å². The van der Waals surface area contributed by atoms with Crippen LogP contribution in [0.2, 0.25) is 0 Å². The van der Waals surface area contributed by atoms with Gasteiger partial charge in [-0.2, -0.15) is 0 Å². The van der Waals surface area contributed by atoms with Gasteiger partial charge in [-0.15, -0.1) is 5.10 Å². The molecule has 1 saturated carbocycles. The maximum atomic E-state index is 5.46. The Balaban J connectivity index is 1.43. The van der Waals surface area contributed by atoms with Crippen LogP contribution in [0.1, 0.15) is 63.4 Å². The zero-order chi connectivity index (χ0) is 23.2. The molecule has 1 aliphatic carbocycles. The average Bonchev–Trinajstić information content (AvgIpc) is 3.53. The largest absolute Gasteiger partial charge is 0.493 e. The number of benzene rings is 1. The molecule has 33 heavy (non-hydrogen) atoms. The van der Waals surface area contributed by atoms with Crippen molar-refractivity contribution in [1.29, 1.82) is 0 Å². The van der Waals surface area contributed by atoms with Gasteiger partial charge in [0.25, 0.3) is 0 Å². The molecule has 2 aliphatic rings. The highest BCUT2D eigenvalue weighted by Crippen LogP contribution is 2.31. The van der Waals surface area contributed by atoms with Gasteiger partial charge in [-0.25, -0.2) is 4.68 Å². The predicted molar refractivity (Wildman–Crippen MR) is 129 cm³/mol. The number of tetrazole rings is 1. The van der Waals surface area contributed by atoms with Gasteiger partial charge < -0.3 is 9.47 Å². The number of ether oxygens (including phenoxy) is 2. The molecule has 1 unspecified atom stereocenters. The van der Waals surface area contributed by atoms with Gasteiger partial charge in [0.1, 0.15) is 0 Å². The predicted octanol–water partition coefficient (Wildman–Crippen LogP) is 3.58. The van der Waals surface area contributed by atoms with Crippen LogP contribution in [0.15, 0.2) is 18.2 Å². The molecule has 4 rings (SSSR count). The maximum Gasteiger partial charge on any atom is 0.168 e. The fourth-order valence-corrected chi connectivity index (χ4v) is 5.43. The third-order valence-corrected chi connectivity index (χ3v) is 7.24. The van der Waals surface area contributed by atoms with Gasteiger partial charge in [0.15, 0.2) is 17.3 Å². The molecule has 8 nitrogen and oxygen atoms in total. The van der Waals surface area contributed by atoms with E-state index >= 15 is 0 Å². The van der Waals surface area contributed by atoms with Crippen molar-refractivity contribution in [1.82, 2.24) is 30.0 Å². The van der Waals surface area contributed by atoms with Crippen LogP contribution in [0.4, 0.5) is 0 Å². The fraction of sp³-hybridized carbons (Fsp3) is 0.720. The lowest BCUT2D eigenvalue weighted by Gasteiger charge is -2.41. The summed E-state index contributed by atoms with van der Waals surface area (Å²) in [5, 5.41) is 13.0. The summed E-state index contributed by atoms with van der Waals surface area (Å²) in [6, 6.07) is 7.15. The quantitative estimate of drug-likeness (QED) is 0.541. The summed E-state index contributed by atoms with van der Waals surface area (Å²) in [5.41, 5.74) is 1.18. The number of nitrogens with zero attached hydrogens (tertiary/aromatic N) is 6. The molecular weight excluding hydrogens is 416 g/mol. The Labute approximate surface area is 198 Å². The Morgan fingerprint density at radius 2 is 1.73 bits per heavy atom. The zero-order valence-electron chi connectivity index (χ0n) is 20.7. The molecule has 8 heteroatoms. The van der Waals surface area contributed by atoms with E-state index in [9.17, 15) is 0 Å². The minimum Gasteiger partial charge on any atom is -0.493 e. The molecule has 0 N–H and O–H groups in total. The molecule has 1 aliphatic heterocycles. The number of methoxy groups -OCH3 is 2. The van der Waals surface area contributed by atoms with E-state index in [1.165, 1.54) is 31.2 Å². The molecule has 1 atom stereocenters. The van der Waals surface area contributed by atoms with Crippen molar-refractivity contribution in [3.05, 3.63) is 29.6 Å². The minimum absolute atomic E-state index is 0.260. The summed E-state index contributed by atoms with van der Waals surface area (Å²) in [6.07, 6.45) is 7.46. The van der Waals surface area contributed by atoms with Crippen molar-refractivity contribution in [3.63, 3.8) is 0 Å². The van der Waals surface area contributed by atoms with Gasteiger partial charge in [0.2, 0.25) is 0 Å². The van der Waals surface area contributed by atoms with E-state index in [1.807, 2.05) is 16.8 Å². The second-order valence-corrected chi connectivity index (χ2v) is 9.86. The highest BCUT2D eigenvalue weighted by molar-refractivity contribution is 5.42. The molecule has 182 valence electrons. The summed E-state index contributed by atoms with van der Waals surface area (Å²) in [4.78, 5) is 5.33. The third kappa shape index (κ3) is 5.84. The van der Waals surface area contributed by atoms with Crippen molar-refractivity contribution in [3.8, 4) is 11.5 Å². The lowest BCUT2D eigenvalue weighted by molar-refractivity contribution is 0.0586. The third-order valence-electron chi connectivity index (χ3n) is 7.24. The first-order valence-corrected chi connectivity index (χ1v) is 12.5. The average molecular weight is 457 g/mol. The molecule has 0 spiro atoms. The molecule has 2 heterocycles. The molecule has 1 aromatic carbocycles. The van der Waals surface area contributed by atoms with E-state index in [0.717, 1.165) is 68.9 Å². The van der Waals surface area contributed by atoms with E-state index in [4.69, 9.17) is 9.47 Å². The van der Waals surface area contributed by atoms with E-state index in [0.29, 0.717) is 5.92 Å². The van der Waals surface area contributed by atoms with E-state index in [1.54, 1.807) is 14.2 Å². The SMILES string of the molecule is COc1ccc(CCn2nnnc2C(CC(C)C)N2CCN(C3CCCC3)CC2)cc1OC. The summed E-state index contributed by atoms with van der Waals surface area (Å²) in [5.74, 6) is 3.08. The van der Waals surface area contributed by atoms with Crippen molar-refractivity contribution in [2.24, 2.45) is 5.92 Å².